The molecular weight excluding hydrogens is 267 g/mol. The molecule has 0 amide bonds. The van der Waals surface area contributed by atoms with Crippen LogP contribution >= 0.6 is 0 Å². The summed E-state index contributed by atoms with van der Waals surface area (Å²) in [7, 11) is 3.65. The Labute approximate surface area is 125 Å². The first-order valence-corrected chi connectivity index (χ1v) is 6.97. The molecule has 0 aliphatic carbocycles. The van der Waals surface area contributed by atoms with Gasteiger partial charge in [-0.1, -0.05) is 24.3 Å². The summed E-state index contributed by atoms with van der Waals surface area (Å²) in [6.45, 7) is 0.762. The SMILES string of the molecule is COc1ccccc1N(C)CCC(N)c1cccc(F)c1. The molecule has 2 rings (SSSR count). The Morgan fingerprint density at radius 2 is 1.95 bits per heavy atom. The second kappa shape index (κ2) is 7.09. The molecule has 2 N–H and O–H groups in total. The summed E-state index contributed by atoms with van der Waals surface area (Å²) in [5, 5.41) is 0. The summed E-state index contributed by atoms with van der Waals surface area (Å²) in [4.78, 5) is 2.10. The van der Waals surface area contributed by atoms with Gasteiger partial charge in [-0.15, -0.1) is 0 Å². The number of nitrogens with zero attached hydrogens (tertiary/aromatic N) is 1. The van der Waals surface area contributed by atoms with Crippen molar-refractivity contribution < 1.29 is 9.13 Å². The van der Waals surface area contributed by atoms with Crippen LogP contribution in [0.15, 0.2) is 48.5 Å². The van der Waals surface area contributed by atoms with Crippen molar-refractivity contribution in [3.8, 4) is 5.75 Å². The fraction of sp³-hybridized carbons (Fsp3) is 0.294. The summed E-state index contributed by atoms with van der Waals surface area (Å²) in [6.07, 6.45) is 0.734. The number of para-hydroxylation sites is 2. The maximum atomic E-state index is 13.2. The largest absolute Gasteiger partial charge is 0.495 e. The molecule has 3 nitrogen and oxygen atoms in total. The van der Waals surface area contributed by atoms with E-state index in [9.17, 15) is 4.39 Å². The second-order valence-electron chi connectivity index (χ2n) is 5.04. The van der Waals surface area contributed by atoms with Gasteiger partial charge in [0.1, 0.15) is 11.6 Å². The molecule has 0 aliphatic heterocycles. The van der Waals surface area contributed by atoms with E-state index in [0.29, 0.717) is 0 Å². The first-order valence-electron chi connectivity index (χ1n) is 6.97. The number of halogens is 1. The molecule has 2 aromatic rings. The number of nitrogens with two attached hydrogens (primary N) is 1. The molecule has 0 bridgehead atoms. The number of hydrogen-bond acceptors (Lipinski definition) is 3. The molecule has 0 aromatic heterocycles. The third-order valence-electron chi connectivity index (χ3n) is 3.55. The molecule has 1 atom stereocenters. The molecule has 0 spiro atoms. The first-order chi connectivity index (χ1) is 10.1. The minimum atomic E-state index is -0.249. The molecule has 0 aliphatic rings. The third kappa shape index (κ3) is 3.95. The predicted molar refractivity (Wildman–Crippen MR) is 84.2 cm³/mol. The Balaban J connectivity index is 1.99. The van der Waals surface area contributed by atoms with Gasteiger partial charge in [-0.25, -0.2) is 4.39 Å². The zero-order chi connectivity index (χ0) is 15.2. The van der Waals surface area contributed by atoms with E-state index in [0.717, 1.165) is 30.0 Å². The van der Waals surface area contributed by atoms with E-state index in [1.807, 2.05) is 37.4 Å². The highest BCUT2D eigenvalue weighted by atomic mass is 19.1. The van der Waals surface area contributed by atoms with Gasteiger partial charge < -0.3 is 15.4 Å². The number of anilines is 1. The van der Waals surface area contributed by atoms with Gasteiger partial charge in [0.25, 0.3) is 0 Å². The van der Waals surface area contributed by atoms with Crippen molar-refractivity contribution in [2.24, 2.45) is 5.73 Å². The summed E-state index contributed by atoms with van der Waals surface area (Å²) in [5.74, 6) is 0.584. The topological polar surface area (TPSA) is 38.5 Å². The maximum Gasteiger partial charge on any atom is 0.142 e. The smallest absolute Gasteiger partial charge is 0.142 e. The van der Waals surface area contributed by atoms with Gasteiger partial charge in [-0.3, -0.25) is 0 Å². The van der Waals surface area contributed by atoms with Crippen molar-refractivity contribution in [2.45, 2.75) is 12.5 Å². The van der Waals surface area contributed by atoms with Crippen LogP contribution in [0.5, 0.6) is 5.75 Å². The fourth-order valence-corrected chi connectivity index (χ4v) is 2.30. The number of hydrogen-bond donors (Lipinski definition) is 1. The van der Waals surface area contributed by atoms with Gasteiger partial charge >= 0.3 is 0 Å². The van der Waals surface area contributed by atoms with Crippen molar-refractivity contribution >= 4 is 5.69 Å². The van der Waals surface area contributed by atoms with Gasteiger partial charge in [0.15, 0.2) is 0 Å². The highest BCUT2D eigenvalue weighted by molar-refractivity contribution is 5.57. The Bertz CT molecular complexity index is 589. The third-order valence-corrected chi connectivity index (χ3v) is 3.55. The first kappa shape index (κ1) is 15.3. The lowest BCUT2D eigenvalue weighted by Gasteiger charge is -2.23. The van der Waals surface area contributed by atoms with E-state index in [1.54, 1.807) is 13.2 Å². The van der Waals surface area contributed by atoms with Gasteiger partial charge in [0.2, 0.25) is 0 Å². The molecule has 0 fully saturated rings. The van der Waals surface area contributed by atoms with Gasteiger partial charge in [0, 0.05) is 19.6 Å². The lowest BCUT2D eigenvalue weighted by molar-refractivity contribution is 0.414. The standard InChI is InChI=1S/C17H21FN2O/c1-20(16-8-3-4-9-17(16)21-2)11-10-15(19)13-6-5-7-14(18)12-13/h3-9,12,15H,10-11,19H2,1-2H3. The average Bonchev–Trinajstić information content (AvgIpc) is 2.52. The fourth-order valence-electron chi connectivity index (χ4n) is 2.30. The van der Waals surface area contributed by atoms with Crippen LogP contribution in [0.2, 0.25) is 0 Å². The molecule has 21 heavy (non-hydrogen) atoms. The van der Waals surface area contributed by atoms with Crippen LogP contribution in [-0.4, -0.2) is 20.7 Å². The molecular formula is C17H21FN2O. The molecule has 0 saturated heterocycles. The van der Waals surface area contributed by atoms with E-state index in [1.165, 1.54) is 12.1 Å². The molecule has 1 unspecified atom stereocenters. The Hall–Kier alpha value is -2.07. The monoisotopic (exact) mass is 288 g/mol. The van der Waals surface area contributed by atoms with Crippen molar-refractivity contribution in [1.29, 1.82) is 0 Å². The summed E-state index contributed by atoms with van der Waals surface area (Å²) < 4.78 is 18.6. The van der Waals surface area contributed by atoms with Crippen LogP contribution in [0.4, 0.5) is 10.1 Å². The zero-order valence-electron chi connectivity index (χ0n) is 12.4. The molecule has 0 heterocycles. The van der Waals surface area contributed by atoms with Crippen molar-refractivity contribution in [3.63, 3.8) is 0 Å². The van der Waals surface area contributed by atoms with E-state index in [2.05, 4.69) is 4.90 Å². The maximum absolute atomic E-state index is 13.2. The number of benzene rings is 2. The second-order valence-corrected chi connectivity index (χ2v) is 5.04. The summed E-state index contributed by atoms with van der Waals surface area (Å²) in [5.41, 5.74) is 7.98. The Morgan fingerprint density at radius 3 is 2.67 bits per heavy atom. The molecule has 0 saturated carbocycles. The lowest BCUT2D eigenvalue weighted by atomic mass is 10.0. The number of ether oxygens (including phenoxy) is 1. The minimum Gasteiger partial charge on any atom is -0.495 e. The Kier molecular flexibility index (Phi) is 5.17. The van der Waals surface area contributed by atoms with Crippen molar-refractivity contribution in [3.05, 3.63) is 59.9 Å². The average molecular weight is 288 g/mol. The number of rotatable bonds is 6. The van der Waals surface area contributed by atoms with Crippen LogP contribution in [0.25, 0.3) is 0 Å². The van der Waals surface area contributed by atoms with E-state index >= 15 is 0 Å². The van der Waals surface area contributed by atoms with Crippen LogP contribution in [0.1, 0.15) is 18.0 Å². The van der Waals surface area contributed by atoms with Crippen molar-refractivity contribution in [1.82, 2.24) is 0 Å². The quantitative estimate of drug-likeness (QED) is 0.886. The van der Waals surface area contributed by atoms with E-state index < -0.39 is 0 Å². The highest BCUT2D eigenvalue weighted by Crippen LogP contribution is 2.27. The van der Waals surface area contributed by atoms with Gasteiger partial charge in [-0.2, -0.15) is 0 Å². The van der Waals surface area contributed by atoms with Crippen LogP contribution in [0.3, 0.4) is 0 Å². The van der Waals surface area contributed by atoms with Crippen LogP contribution in [0, 0.1) is 5.82 Å². The van der Waals surface area contributed by atoms with Crippen LogP contribution < -0.4 is 15.4 Å². The van der Waals surface area contributed by atoms with Gasteiger partial charge in [-0.05, 0) is 36.2 Å². The van der Waals surface area contributed by atoms with Crippen molar-refractivity contribution in [2.75, 3.05) is 25.6 Å². The highest BCUT2D eigenvalue weighted by Gasteiger charge is 2.11. The number of methoxy groups -OCH3 is 1. The summed E-state index contributed by atoms with van der Waals surface area (Å²) in [6, 6.07) is 14.1. The summed E-state index contributed by atoms with van der Waals surface area (Å²) >= 11 is 0. The Morgan fingerprint density at radius 1 is 1.19 bits per heavy atom. The lowest BCUT2D eigenvalue weighted by Crippen LogP contribution is -2.23. The molecule has 112 valence electrons. The van der Waals surface area contributed by atoms with E-state index in [-0.39, 0.29) is 11.9 Å². The van der Waals surface area contributed by atoms with Gasteiger partial charge in [0.05, 0.1) is 12.8 Å². The van der Waals surface area contributed by atoms with E-state index in [4.69, 9.17) is 10.5 Å². The molecule has 2 aromatic carbocycles. The molecule has 0 radical (unpaired) electrons. The zero-order valence-corrected chi connectivity index (χ0v) is 12.4. The normalized spacial score (nSPS) is 12.0. The molecule has 4 heteroatoms. The predicted octanol–water partition coefficient (Wildman–Crippen LogP) is 3.36. The van der Waals surface area contributed by atoms with Crippen LogP contribution in [-0.2, 0) is 0 Å². The minimum absolute atomic E-state index is 0.183.